The molecule has 2 unspecified atom stereocenters. The van der Waals surface area contributed by atoms with Crippen molar-refractivity contribution in [1.29, 1.82) is 0 Å². The Labute approximate surface area is 92.0 Å². The smallest absolute Gasteiger partial charge is 0.239 e. The Morgan fingerprint density at radius 2 is 2.33 bits per heavy atom. The molecule has 0 aromatic rings. The number of hydrogen-bond acceptors (Lipinski definition) is 3. The van der Waals surface area contributed by atoms with Crippen LogP contribution >= 0.6 is 0 Å². The third-order valence-electron chi connectivity index (χ3n) is 2.95. The van der Waals surface area contributed by atoms with Gasteiger partial charge in [0.2, 0.25) is 5.91 Å². The van der Waals surface area contributed by atoms with Crippen LogP contribution in [-0.2, 0) is 9.53 Å². The molecule has 0 radical (unpaired) electrons. The van der Waals surface area contributed by atoms with Gasteiger partial charge in [0.15, 0.2) is 0 Å². The van der Waals surface area contributed by atoms with Gasteiger partial charge in [-0.25, -0.2) is 0 Å². The molecule has 0 bridgehead atoms. The molecule has 1 saturated heterocycles. The summed E-state index contributed by atoms with van der Waals surface area (Å²) in [7, 11) is 3.57. The van der Waals surface area contributed by atoms with Gasteiger partial charge in [-0.1, -0.05) is 13.3 Å². The van der Waals surface area contributed by atoms with E-state index in [2.05, 4.69) is 12.2 Å². The molecule has 1 fully saturated rings. The summed E-state index contributed by atoms with van der Waals surface area (Å²) in [4.78, 5) is 13.7. The van der Waals surface area contributed by atoms with E-state index in [1.54, 1.807) is 7.11 Å². The summed E-state index contributed by atoms with van der Waals surface area (Å²) in [5.74, 6) is 0.197. The fourth-order valence-corrected chi connectivity index (χ4v) is 1.84. The van der Waals surface area contributed by atoms with Crippen molar-refractivity contribution >= 4 is 5.91 Å². The maximum Gasteiger partial charge on any atom is 0.239 e. The van der Waals surface area contributed by atoms with Gasteiger partial charge in [-0.15, -0.1) is 0 Å². The minimum Gasteiger partial charge on any atom is -0.380 e. The van der Waals surface area contributed by atoms with Crippen LogP contribution in [0, 0.1) is 0 Å². The minimum atomic E-state index is -0.0446. The number of ether oxygens (including phenoxy) is 1. The first-order valence-electron chi connectivity index (χ1n) is 5.70. The minimum absolute atomic E-state index is 0.0446. The third kappa shape index (κ3) is 3.47. The molecule has 1 aliphatic heterocycles. The Hall–Kier alpha value is -0.610. The molecule has 0 saturated carbocycles. The van der Waals surface area contributed by atoms with E-state index in [4.69, 9.17) is 4.74 Å². The maximum atomic E-state index is 11.9. The summed E-state index contributed by atoms with van der Waals surface area (Å²) < 4.78 is 5.22. The Bertz CT molecular complexity index is 209. The number of nitrogens with zero attached hydrogens (tertiary/aromatic N) is 1. The van der Waals surface area contributed by atoms with Crippen molar-refractivity contribution in [2.24, 2.45) is 0 Å². The summed E-state index contributed by atoms with van der Waals surface area (Å²) >= 11 is 0. The maximum absolute atomic E-state index is 11.9. The van der Waals surface area contributed by atoms with Crippen molar-refractivity contribution < 1.29 is 9.53 Å². The predicted octanol–water partition coefficient (Wildman–Crippen LogP) is 0.622. The summed E-state index contributed by atoms with van der Waals surface area (Å²) in [6, 6.07) is -0.0446. The zero-order chi connectivity index (χ0) is 11.3. The van der Waals surface area contributed by atoms with E-state index >= 15 is 0 Å². The first-order valence-corrected chi connectivity index (χ1v) is 5.70. The van der Waals surface area contributed by atoms with Gasteiger partial charge in [0, 0.05) is 27.2 Å². The van der Waals surface area contributed by atoms with E-state index in [9.17, 15) is 4.79 Å². The lowest BCUT2D eigenvalue weighted by atomic mass is 10.2. The zero-order valence-electron chi connectivity index (χ0n) is 9.95. The lowest BCUT2D eigenvalue weighted by Gasteiger charge is -2.20. The second-order valence-corrected chi connectivity index (χ2v) is 4.17. The van der Waals surface area contributed by atoms with Crippen LogP contribution in [0.5, 0.6) is 0 Å². The van der Waals surface area contributed by atoms with E-state index in [1.165, 1.54) is 0 Å². The van der Waals surface area contributed by atoms with Gasteiger partial charge in [0.25, 0.3) is 0 Å². The largest absolute Gasteiger partial charge is 0.380 e. The summed E-state index contributed by atoms with van der Waals surface area (Å²) in [5.41, 5.74) is 0. The highest BCUT2D eigenvalue weighted by molar-refractivity contribution is 5.82. The molecule has 1 N–H and O–H groups in total. The average Bonchev–Trinajstić information content (AvgIpc) is 2.73. The Kier molecular flexibility index (Phi) is 5.05. The SMILES string of the molecule is CCCCN(C)C(=O)C1CC(OC)CN1. The van der Waals surface area contributed by atoms with Gasteiger partial charge in [0.1, 0.15) is 0 Å². The van der Waals surface area contributed by atoms with Crippen molar-refractivity contribution in [3.05, 3.63) is 0 Å². The molecule has 2 atom stereocenters. The first-order chi connectivity index (χ1) is 7.19. The van der Waals surface area contributed by atoms with Gasteiger partial charge in [-0.05, 0) is 12.8 Å². The number of rotatable bonds is 5. The third-order valence-corrected chi connectivity index (χ3v) is 2.95. The van der Waals surface area contributed by atoms with Gasteiger partial charge >= 0.3 is 0 Å². The van der Waals surface area contributed by atoms with Crippen LogP contribution in [0.3, 0.4) is 0 Å². The number of carbonyl (C=O) groups is 1. The van der Waals surface area contributed by atoms with Gasteiger partial charge in [0.05, 0.1) is 12.1 Å². The fraction of sp³-hybridized carbons (Fsp3) is 0.909. The molecule has 1 rings (SSSR count). The van der Waals surface area contributed by atoms with Crippen molar-refractivity contribution in [3.63, 3.8) is 0 Å². The molecular weight excluding hydrogens is 192 g/mol. The van der Waals surface area contributed by atoms with Gasteiger partial charge in [-0.2, -0.15) is 0 Å². The molecule has 0 aromatic heterocycles. The van der Waals surface area contributed by atoms with Crippen LogP contribution in [0.4, 0.5) is 0 Å². The van der Waals surface area contributed by atoms with Crippen molar-refractivity contribution in [2.75, 3.05) is 27.2 Å². The molecule has 1 aliphatic rings. The lowest BCUT2D eigenvalue weighted by molar-refractivity contribution is -0.132. The standard InChI is InChI=1S/C11H22N2O2/c1-4-5-6-13(2)11(14)10-7-9(15-3)8-12-10/h9-10,12H,4-8H2,1-3H3. The lowest BCUT2D eigenvalue weighted by Crippen LogP contribution is -2.41. The van der Waals surface area contributed by atoms with E-state index < -0.39 is 0 Å². The number of amides is 1. The van der Waals surface area contributed by atoms with Crippen molar-refractivity contribution in [2.45, 2.75) is 38.3 Å². The molecule has 88 valence electrons. The number of carbonyl (C=O) groups excluding carboxylic acids is 1. The molecule has 1 amide bonds. The van der Waals surface area contributed by atoms with Crippen LogP contribution in [0.2, 0.25) is 0 Å². The van der Waals surface area contributed by atoms with E-state index in [0.29, 0.717) is 0 Å². The first kappa shape index (κ1) is 12.5. The highest BCUT2D eigenvalue weighted by Gasteiger charge is 2.30. The Morgan fingerprint density at radius 3 is 2.87 bits per heavy atom. The average molecular weight is 214 g/mol. The Morgan fingerprint density at radius 1 is 1.60 bits per heavy atom. The van der Waals surface area contributed by atoms with Crippen LogP contribution in [0.15, 0.2) is 0 Å². The summed E-state index contributed by atoms with van der Waals surface area (Å²) in [6.07, 6.45) is 3.18. The number of nitrogens with one attached hydrogen (secondary N) is 1. The topological polar surface area (TPSA) is 41.6 Å². The van der Waals surface area contributed by atoms with Crippen LogP contribution in [0.25, 0.3) is 0 Å². The summed E-state index contributed by atoms with van der Waals surface area (Å²) in [5, 5.41) is 3.20. The highest BCUT2D eigenvalue weighted by atomic mass is 16.5. The number of hydrogen-bond donors (Lipinski definition) is 1. The molecule has 4 nitrogen and oxygen atoms in total. The van der Waals surface area contributed by atoms with Crippen LogP contribution < -0.4 is 5.32 Å². The van der Waals surface area contributed by atoms with Gasteiger partial charge < -0.3 is 15.0 Å². The predicted molar refractivity (Wildman–Crippen MR) is 59.7 cm³/mol. The second kappa shape index (κ2) is 6.08. The van der Waals surface area contributed by atoms with E-state index in [1.807, 2.05) is 11.9 Å². The Balaban J connectivity index is 2.33. The zero-order valence-corrected chi connectivity index (χ0v) is 9.95. The molecule has 4 heteroatoms. The van der Waals surface area contributed by atoms with E-state index in [-0.39, 0.29) is 18.1 Å². The number of methoxy groups -OCH3 is 1. The molecule has 1 heterocycles. The molecule has 15 heavy (non-hydrogen) atoms. The molecule has 0 aliphatic carbocycles. The molecule has 0 aromatic carbocycles. The van der Waals surface area contributed by atoms with E-state index in [0.717, 1.165) is 32.4 Å². The van der Waals surface area contributed by atoms with Crippen molar-refractivity contribution in [3.8, 4) is 0 Å². The van der Waals surface area contributed by atoms with Gasteiger partial charge in [-0.3, -0.25) is 4.79 Å². The number of likely N-dealkylation sites (N-methyl/N-ethyl adjacent to an activating group) is 1. The van der Waals surface area contributed by atoms with Crippen molar-refractivity contribution in [1.82, 2.24) is 10.2 Å². The quantitative estimate of drug-likeness (QED) is 0.729. The second-order valence-electron chi connectivity index (χ2n) is 4.17. The van der Waals surface area contributed by atoms with Crippen LogP contribution in [0.1, 0.15) is 26.2 Å². The normalized spacial score (nSPS) is 25.5. The highest BCUT2D eigenvalue weighted by Crippen LogP contribution is 2.11. The molecular formula is C11H22N2O2. The van der Waals surface area contributed by atoms with Crippen LogP contribution in [-0.4, -0.2) is 50.2 Å². The number of unbranched alkanes of at least 4 members (excludes halogenated alkanes) is 1. The molecule has 0 spiro atoms. The summed E-state index contributed by atoms with van der Waals surface area (Å²) in [6.45, 7) is 3.77. The monoisotopic (exact) mass is 214 g/mol. The fourth-order valence-electron chi connectivity index (χ4n) is 1.84.